The molecule has 0 bridgehead atoms. The van der Waals surface area contributed by atoms with Crippen LogP contribution in [-0.2, 0) is 11.2 Å². The highest BCUT2D eigenvalue weighted by molar-refractivity contribution is 6.05. The van der Waals surface area contributed by atoms with Crippen LogP contribution in [0.4, 0.5) is 0 Å². The monoisotopic (exact) mass is 325 g/mol. The highest BCUT2D eigenvalue weighted by Crippen LogP contribution is 2.29. The minimum absolute atomic E-state index is 0.233. The van der Waals surface area contributed by atoms with E-state index >= 15 is 0 Å². The molecule has 0 saturated heterocycles. The molecule has 0 fully saturated rings. The van der Waals surface area contributed by atoms with E-state index in [4.69, 9.17) is 9.84 Å². The number of ether oxygens (including phenoxy) is 1. The second kappa shape index (κ2) is 6.08. The summed E-state index contributed by atoms with van der Waals surface area (Å²) in [6.45, 7) is 0. The van der Waals surface area contributed by atoms with Crippen molar-refractivity contribution in [3.8, 4) is 11.6 Å². The second-order valence-corrected chi connectivity index (χ2v) is 5.30. The molecule has 3 rings (SSSR count). The molecule has 0 unspecified atom stereocenters. The molecule has 0 amide bonds. The number of nitrogens with zero attached hydrogens (tertiary/aromatic N) is 1. The number of benzene rings is 2. The molecule has 2 aromatic carbocycles. The average molecular weight is 325 g/mol. The topological polar surface area (TPSA) is 88.8 Å². The van der Waals surface area contributed by atoms with Crippen LogP contribution >= 0.6 is 0 Å². The molecule has 6 nitrogen and oxygen atoms in total. The molecule has 0 saturated carbocycles. The van der Waals surface area contributed by atoms with Gasteiger partial charge in [-0.25, -0.2) is 4.57 Å². The van der Waals surface area contributed by atoms with E-state index in [2.05, 4.69) is 0 Å². The lowest BCUT2D eigenvalue weighted by atomic mass is 10.1. The lowest BCUT2D eigenvalue weighted by molar-refractivity contribution is -0.136. The van der Waals surface area contributed by atoms with E-state index in [-0.39, 0.29) is 12.3 Å². The Bertz CT molecular complexity index is 924. The Morgan fingerprint density at radius 1 is 1.12 bits per heavy atom. The zero-order chi connectivity index (χ0) is 17.3. The summed E-state index contributed by atoms with van der Waals surface area (Å²) < 4.78 is 6.20. The summed E-state index contributed by atoms with van der Waals surface area (Å²) in [5.74, 6) is -1.07. The van der Waals surface area contributed by atoms with Gasteiger partial charge in [-0.15, -0.1) is 0 Å². The summed E-state index contributed by atoms with van der Waals surface area (Å²) in [6.07, 6.45) is -0.239. The summed E-state index contributed by atoms with van der Waals surface area (Å²) in [7, 11) is 1.53. The van der Waals surface area contributed by atoms with E-state index in [1.54, 1.807) is 42.5 Å². The van der Waals surface area contributed by atoms with Crippen LogP contribution in [0.3, 0.4) is 0 Å². The predicted molar refractivity (Wildman–Crippen MR) is 87.7 cm³/mol. The van der Waals surface area contributed by atoms with Gasteiger partial charge in [0.25, 0.3) is 5.91 Å². The van der Waals surface area contributed by atoms with E-state index in [0.29, 0.717) is 27.8 Å². The quantitative estimate of drug-likeness (QED) is 0.770. The van der Waals surface area contributed by atoms with Crippen molar-refractivity contribution in [2.45, 2.75) is 6.42 Å². The summed E-state index contributed by atoms with van der Waals surface area (Å²) in [4.78, 5) is 23.9. The Morgan fingerprint density at radius 3 is 2.46 bits per heavy atom. The van der Waals surface area contributed by atoms with Gasteiger partial charge in [0.05, 0.1) is 19.0 Å². The maximum atomic E-state index is 12.8. The summed E-state index contributed by atoms with van der Waals surface area (Å²) in [5.41, 5.74) is 1.22. The van der Waals surface area contributed by atoms with E-state index < -0.39 is 11.9 Å². The van der Waals surface area contributed by atoms with Crippen LogP contribution in [0.25, 0.3) is 10.9 Å². The highest BCUT2D eigenvalue weighted by Gasteiger charge is 2.19. The Balaban J connectivity index is 2.15. The van der Waals surface area contributed by atoms with Gasteiger partial charge in [0, 0.05) is 17.0 Å². The first-order chi connectivity index (χ1) is 11.5. The second-order valence-electron chi connectivity index (χ2n) is 5.30. The molecule has 0 aliphatic heterocycles. The molecular formula is C18H15NO5. The molecule has 122 valence electrons. The van der Waals surface area contributed by atoms with Crippen molar-refractivity contribution >= 4 is 22.8 Å². The maximum Gasteiger partial charge on any atom is 0.307 e. The molecule has 0 atom stereocenters. The molecule has 0 aliphatic carbocycles. The first kappa shape index (κ1) is 15.6. The lowest BCUT2D eigenvalue weighted by Gasteiger charge is -2.09. The van der Waals surface area contributed by atoms with Crippen molar-refractivity contribution in [3.63, 3.8) is 0 Å². The van der Waals surface area contributed by atoms with Gasteiger partial charge in [0.15, 0.2) is 5.88 Å². The fraction of sp³-hybridized carbons (Fsp3) is 0.111. The number of aromatic hydroxyl groups is 1. The van der Waals surface area contributed by atoms with Crippen molar-refractivity contribution in [2.24, 2.45) is 0 Å². The minimum Gasteiger partial charge on any atom is -0.497 e. The van der Waals surface area contributed by atoms with E-state index in [1.807, 2.05) is 0 Å². The number of carbonyl (C=O) groups excluding carboxylic acids is 1. The predicted octanol–water partition coefficient (Wildman–Crippen LogP) is 2.67. The normalized spacial score (nSPS) is 10.7. The van der Waals surface area contributed by atoms with Crippen LogP contribution in [0.15, 0.2) is 48.5 Å². The number of carboxylic acid groups (broad SMARTS) is 1. The Labute approximate surface area is 137 Å². The fourth-order valence-electron chi connectivity index (χ4n) is 2.69. The lowest BCUT2D eigenvalue weighted by Crippen LogP contribution is -2.13. The van der Waals surface area contributed by atoms with Crippen molar-refractivity contribution in [1.82, 2.24) is 4.57 Å². The van der Waals surface area contributed by atoms with Gasteiger partial charge in [-0.3, -0.25) is 9.59 Å². The van der Waals surface area contributed by atoms with Crippen molar-refractivity contribution in [3.05, 3.63) is 59.7 Å². The van der Waals surface area contributed by atoms with Gasteiger partial charge in [-0.1, -0.05) is 18.2 Å². The van der Waals surface area contributed by atoms with Gasteiger partial charge in [-0.2, -0.15) is 0 Å². The smallest absolute Gasteiger partial charge is 0.307 e. The Hall–Kier alpha value is -3.28. The minimum atomic E-state index is -1.01. The number of rotatable bonds is 4. The summed E-state index contributed by atoms with van der Waals surface area (Å²) in [6, 6.07) is 13.0. The van der Waals surface area contributed by atoms with E-state index in [1.165, 1.54) is 13.2 Å². The third-order valence-electron chi connectivity index (χ3n) is 3.77. The molecule has 24 heavy (non-hydrogen) atoms. The molecule has 1 heterocycles. The molecule has 0 aliphatic rings. The van der Waals surface area contributed by atoms with Gasteiger partial charge in [-0.05, 0) is 29.8 Å². The van der Waals surface area contributed by atoms with Gasteiger partial charge in [0.1, 0.15) is 5.75 Å². The van der Waals surface area contributed by atoms with Crippen LogP contribution in [0.5, 0.6) is 11.6 Å². The number of carboxylic acids is 1. The molecule has 6 heteroatoms. The number of fused-ring (bicyclic) bond motifs is 1. The zero-order valence-corrected chi connectivity index (χ0v) is 12.9. The zero-order valence-electron chi connectivity index (χ0n) is 12.9. The van der Waals surface area contributed by atoms with Crippen LogP contribution in [0.1, 0.15) is 15.9 Å². The van der Waals surface area contributed by atoms with Crippen molar-refractivity contribution < 1.29 is 24.5 Å². The SMILES string of the molecule is COc1ccc(C(=O)n2c(O)cc3cccc(CC(=O)O)c32)cc1. The van der Waals surface area contributed by atoms with Crippen molar-refractivity contribution in [2.75, 3.05) is 7.11 Å². The van der Waals surface area contributed by atoms with Crippen LogP contribution in [0, 0.1) is 0 Å². The summed E-state index contributed by atoms with van der Waals surface area (Å²) >= 11 is 0. The highest BCUT2D eigenvalue weighted by atomic mass is 16.5. The number of hydrogen-bond donors (Lipinski definition) is 2. The number of aromatic nitrogens is 1. The number of methoxy groups -OCH3 is 1. The Kier molecular flexibility index (Phi) is 3.95. The van der Waals surface area contributed by atoms with Crippen LogP contribution < -0.4 is 4.74 Å². The molecule has 1 aromatic heterocycles. The standard InChI is InChI=1S/C18H15NO5/c1-24-14-7-5-11(6-8-14)18(23)19-15(20)9-12-3-2-4-13(17(12)19)10-16(21)22/h2-9,20H,10H2,1H3,(H,21,22). The molecule has 0 spiro atoms. The van der Waals surface area contributed by atoms with E-state index in [0.717, 1.165) is 4.57 Å². The molecular weight excluding hydrogens is 310 g/mol. The maximum absolute atomic E-state index is 12.8. The molecule has 0 radical (unpaired) electrons. The fourth-order valence-corrected chi connectivity index (χ4v) is 2.69. The molecule has 2 N–H and O–H groups in total. The number of carbonyl (C=O) groups is 2. The third-order valence-corrected chi connectivity index (χ3v) is 3.77. The number of aliphatic carboxylic acids is 1. The van der Waals surface area contributed by atoms with Crippen LogP contribution in [-0.4, -0.2) is 33.8 Å². The first-order valence-electron chi connectivity index (χ1n) is 7.24. The summed E-state index contributed by atoms with van der Waals surface area (Å²) in [5, 5.41) is 19.9. The largest absolute Gasteiger partial charge is 0.497 e. The third kappa shape index (κ3) is 2.69. The number of para-hydroxylation sites is 1. The van der Waals surface area contributed by atoms with Gasteiger partial charge < -0.3 is 14.9 Å². The average Bonchev–Trinajstić information content (AvgIpc) is 2.91. The van der Waals surface area contributed by atoms with Gasteiger partial charge >= 0.3 is 5.97 Å². The van der Waals surface area contributed by atoms with Crippen LogP contribution in [0.2, 0.25) is 0 Å². The van der Waals surface area contributed by atoms with E-state index in [9.17, 15) is 14.7 Å². The number of hydrogen-bond acceptors (Lipinski definition) is 4. The van der Waals surface area contributed by atoms with Crippen molar-refractivity contribution in [1.29, 1.82) is 0 Å². The first-order valence-corrected chi connectivity index (χ1v) is 7.24. The Morgan fingerprint density at radius 2 is 1.83 bits per heavy atom. The molecule has 3 aromatic rings. The van der Waals surface area contributed by atoms with Gasteiger partial charge in [0.2, 0.25) is 0 Å².